The molecule has 2 rings (SSSR count). The van der Waals surface area contributed by atoms with Crippen LogP contribution in [0.15, 0.2) is 0 Å². The first-order valence-electron chi connectivity index (χ1n) is 5.89. The molecule has 0 aromatic carbocycles. The van der Waals surface area contributed by atoms with Gasteiger partial charge in [-0.15, -0.1) is 10.2 Å². The van der Waals surface area contributed by atoms with Crippen molar-refractivity contribution in [1.29, 1.82) is 0 Å². The van der Waals surface area contributed by atoms with Crippen LogP contribution >= 0.6 is 11.3 Å². The molecule has 1 aliphatic rings. The van der Waals surface area contributed by atoms with E-state index in [2.05, 4.69) is 15.5 Å². The SMILES string of the molecule is CC(C)(C)OC(=O)Nc1nnc(C2CCCO2)s1. The van der Waals surface area contributed by atoms with Gasteiger partial charge in [-0.1, -0.05) is 11.3 Å². The molecule has 1 aliphatic heterocycles. The molecule has 1 N–H and O–H groups in total. The maximum Gasteiger partial charge on any atom is 0.414 e. The summed E-state index contributed by atoms with van der Waals surface area (Å²) in [4.78, 5) is 11.5. The molecule has 6 nitrogen and oxygen atoms in total. The third-order valence-corrected chi connectivity index (χ3v) is 3.18. The van der Waals surface area contributed by atoms with Gasteiger partial charge in [-0.3, -0.25) is 5.32 Å². The first-order valence-corrected chi connectivity index (χ1v) is 6.71. The number of aromatic nitrogens is 2. The predicted molar refractivity (Wildman–Crippen MR) is 67.7 cm³/mol. The van der Waals surface area contributed by atoms with Gasteiger partial charge in [0, 0.05) is 6.61 Å². The van der Waals surface area contributed by atoms with Crippen molar-refractivity contribution in [3.8, 4) is 0 Å². The molecule has 1 saturated heterocycles. The molecule has 1 atom stereocenters. The molecule has 0 saturated carbocycles. The third kappa shape index (κ3) is 3.64. The van der Waals surface area contributed by atoms with E-state index in [0.29, 0.717) is 5.13 Å². The van der Waals surface area contributed by atoms with Gasteiger partial charge in [0.15, 0.2) is 0 Å². The maximum atomic E-state index is 11.5. The first-order chi connectivity index (χ1) is 8.44. The zero-order valence-corrected chi connectivity index (χ0v) is 11.5. The second kappa shape index (κ2) is 5.19. The lowest BCUT2D eigenvalue weighted by Crippen LogP contribution is -2.27. The monoisotopic (exact) mass is 271 g/mol. The normalized spacial score (nSPS) is 19.8. The highest BCUT2D eigenvalue weighted by Gasteiger charge is 2.23. The number of hydrogen-bond acceptors (Lipinski definition) is 6. The number of carbonyl (C=O) groups excluding carboxylic acids is 1. The Morgan fingerprint density at radius 2 is 2.28 bits per heavy atom. The Bertz CT molecular complexity index is 421. The Balaban J connectivity index is 1.92. The van der Waals surface area contributed by atoms with Gasteiger partial charge in [0.05, 0.1) is 0 Å². The van der Waals surface area contributed by atoms with Crippen LogP contribution in [-0.2, 0) is 9.47 Å². The van der Waals surface area contributed by atoms with Crippen molar-refractivity contribution in [3.05, 3.63) is 5.01 Å². The van der Waals surface area contributed by atoms with Crippen LogP contribution in [-0.4, -0.2) is 28.5 Å². The van der Waals surface area contributed by atoms with Gasteiger partial charge in [0.2, 0.25) is 5.13 Å². The second-order valence-corrected chi connectivity index (χ2v) is 6.08. The summed E-state index contributed by atoms with van der Waals surface area (Å²) in [5, 5.41) is 11.7. The molecular weight excluding hydrogens is 254 g/mol. The van der Waals surface area contributed by atoms with Gasteiger partial charge in [0.25, 0.3) is 0 Å². The topological polar surface area (TPSA) is 73.3 Å². The van der Waals surface area contributed by atoms with Crippen molar-refractivity contribution in [2.24, 2.45) is 0 Å². The summed E-state index contributed by atoms with van der Waals surface area (Å²) < 4.78 is 10.6. The van der Waals surface area contributed by atoms with Gasteiger partial charge < -0.3 is 9.47 Å². The van der Waals surface area contributed by atoms with E-state index in [4.69, 9.17) is 9.47 Å². The van der Waals surface area contributed by atoms with Crippen LogP contribution in [0.5, 0.6) is 0 Å². The summed E-state index contributed by atoms with van der Waals surface area (Å²) in [6, 6.07) is 0. The number of nitrogens with one attached hydrogen (secondary N) is 1. The Hall–Kier alpha value is -1.21. The fraction of sp³-hybridized carbons (Fsp3) is 0.727. The van der Waals surface area contributed by atoms with Crippen molar-refractivity contribution >= 4 is 22.6 Å². The molecule has 1 fully saturated rings. The highest BCUT2D eigenvalue weighted by Crippen LogP contribution is 2.31. The Morgan fingerprint density at radius 3 is 2.89 bits per heavy atom. The van der Waals surface area contributed by atoms with Gasteiger partial charge in [0.1, 0.15) is 16.7 Å². The molecule has 0 aliphatic carbocycles. The van der Waals surface area contributed by atoms with Crippen molar-refractivity contribution in [2.45, 2.75) is 45.3 Å². The number of amides is 1. The number of nitrogens with zero attached hydrogens (tertiary/aromatic N) is 2. The standard InChI is InChI=1S/C11H17N3O3S/c1-11(2,3)17-10(15)12-9-14-13-8(18-9)7-5-4-6-16-7/h7H,4-6H2,1-3H3,(H,12,14,15). The lowest BCUT2D eigenvalue weighted by molar-refractivity contribution is 0.0636. The summed E-state index contributed by atoms with van der Waals surface area (Å²) >= 11 is 1.33. The third-order valence-electron chi connectivity index (χ3n) is 2.25. The minimum absolute atomic E-state index is 0.0247. The van der Waals surface area contributed by atoms with E-state index in [1.807, 2.05) is 20.8 Å². The largest absolute Gasteiger partial charge is 0.444 e. The van der Waals surface area contributed by atoms with Crippen LogP contribution in [0.25, 0.3) is 0 Å². The van der Waals surface area contributed by atoms with Gasteiger partial charge in [-0.25, -0.2) is 4.79 Å². The van der Waals surface area contributed by atoms with Crippen LogP contribution in [0.4, 0.5) is 9.93 Å². The molecule has 1 aromatic heterocycles. The molecule has 0 spiro atoms. The summed E-state index contributed by atoms with van der Waals surface area (Å²) in [6.07, 6.45) is 1.51. The molecule has 1 unspecified atom stereocenters. The summed E-state index contributed by atoms with van der Waals surface area (Å²) in [7, 11) is 0. The number of rotatable bonds is 2. The van der Waals surface area contributed by atoms with Crippen LogP contribution in [0.1, 0.15) is 44.7 Å². The molecule has 2 heterocycles. The number of anilines is 1. The molecule has 1 aromatic rings. The maximum absolute atomic E-state index is 11.5. The molecular formula is C11H17N3O3S. The van der Waals surface area contributed by atoms with Crippen molar-refractivity contribution in [2.75, 3.05) is 11.9 Å². The number of carbonyl (C=O) groups is 1. The fourth-order valence-corrected chi connectivity index (χ4v) is 2.39. The summed E-state index contributed by atoms with van der Waals surface area (Å²) in [6.45, 7) is 6.19. The predicted octanol–water partition coefficient (Wildman–Crippen LogP) is 2.74. The quantitative estimate of drug-likeness (QED) is 0.895. The van der Waals surface area contributed by atoms with E-state index in [1.54, 1.807) is 0 Å². The minimum Gasteiger partial charge on any atom is -0.444 e. The van der Waals surface area contributed by atoms with E-state index in [-0.39, 0.29) is 6.10 Å². The average Bonchev–Trinajstić information content (AvgIpc) is 2.82. The molecule has 1 amide bonds. The number of ether oxygens (including phenoxy) is 2. The molecule has 0 radical (unpaired) electrons. The van der Waals surface area contributed by atoms with E-state index >= 15 is 0 Å². The first kappa shape index (κ1) is 13.2. The summed E-state index contributed by atoms with van der Waals surface area (Å²) in [5.41, 5.74) is -0.522. The molecule has 0 bridgehead atoms. The van der Waals surface area contributed by atoms with Gasteiger partial charge in [-0.05, 0) is 33.6 Å². The average molecular weight is 271 g/mol. The van der Waals surface area contributed by atoms with Crippen LogP contribution in [0.2, 0.25) is 0 Å². The Morgan fingerprint density at radius 1 is 1.50 bits per heavy atom. The minimum atomic E-state index is -0.522. The van der Waals surface area contributed by atoms with Crippen LogP contribution < -0.4 is 5.32 Å². The van der Waals surface area contributed by atoms with Crippen LogP contribution in [0.3, 0.4) is 0 Å². The Labute approximate surface area is 110 Å². The number of hydrogen-bond donors (Lipinski definition) is 1. The smallest absolute Gasteiger partial charge is 0.414 e. The highest BCUT2D eigenvalue weighted by molar-refractivity contribution is 7.15. The van der Waals surface area contributed by atoms with Crippen molar-refractivity contribution < 1.29 is 14.3 Å². The Kier molecular flexibility index (Phi) is 3.82. The van der Waals surface area contributed by atoms with Crippen LogP contribution in [0, 0.1) is 0 Å². The molecule has 18 heavy (non-hydrogen) atoms. The lowest BCUT2D eigenvalue weighted by Gasteiger charge is -2.18. The molecule has 7 heteroatoms. The second-order valence-electron chi connectivity index (χ2n) is 5.07. The van der Waals surface area contributed by atoms with Gasteiger partial charge >= 0.3 is 6.09 Å². The molecule has 100 valence electrons. The van der Waals surface area contributed by atoms with Crippen molar-refractivity contribution in [3.63, 3.8) is 0 Å². The zero-order chi connectivity index (χ0) is 13.2. The van der Waals surface area contributed by atoms with E-state index in [1.165, 1.54) is 11.3 Å². The lowest BCUT2D eigenvalue weighted by atomic mass is 10.2. The van der Waals surface area contributed by atoms with E-state index in [9.17, 15) is 4.79 Å². The van der Waals surface area contributed by atoms with Crippen molar-refractivity contribution in [1.82, 2.24) is 10.2 Å². The highest BCUT2D eigenvalue weighted by atomic mass is 32.1. The van der Waals surface area contributed by atoms with E-state index < -0.39 is 11.7 Å². The van der Waals surface area contributed by atoms with E-state index in [0.717, 1.165) is 24.5 Å². The summed E-state index contributed by atoms with van der Waals surface area (Å²) in [5.74, 6) is 0. The fourth-order valence-electron chi connectivity index (χ4n) is 1.58. The zero-order valence-electron chi connectivity index (χ0n) is 10.7. The van der Waals surface area contributed by atoms with Gasteiger partial charge in [-0.2, -0.15) is 0 Å².